The SMILES string of the molecule is CCOC(=O)N1C(CC)CCCC1CNCCCNC(O)C1=CC(Cl)C(Cl)C=C1. The molecule has 1 aliphatic carbocycles. The van der Waals surface area contributed by atoms with E-state index in [9.17, 15) is 9.90 Å². The lowest BCUT2D eigenvalue weighted by Crippen LogP contribution is -2.53. The van der Waals surface area contributed by atoms with Crippen molar-refractivity contribution in [3.8, 4) is 0 Å². The number of rotatable bonds is 10. The minimum atomic E-state index is -0.750. The Morgan fingerprint density at radius 3 is 2.72 bits per heavy atom. The van der Waals surface area contributed by atoms with E-state index >= 15 is 0 Å². The van der Waals surface area contributed by atoms with Crippen LogP contribution in [0.5, 0.6) is 0 Å². The number of carbonyl (C=O) groups is 1. The van der Waals surface area contributed by atoms with E-state index in [1.165, 1.54) is 0 Å². The van der Waals surface area contributed by atoms with Crippen LogP contribution in [0.2, 0.25) is 0 Å². The van der Waals surface area contributed by atoms with E-state index in [0.717, 1.165) is 50.8 Å². The monoisotopic (exact) mass is 447 g/mol. The van der Waals surface area contributed by atoms with Crippen LogP contribution in [-0.2, 0) is 4.74 Å². The molecule has 29 heavy (non-hydrogen) atoms. The average molecular weight is 448 g/mol. The van der Waals surface area contributed by atoms with Crippen LogP contribution in [0, 0.1) is 0 Å². The van der Waals surface area contributed by atoms with Gasteiger partial charge in [0.1, 0.15) is 6.23 Å². The van der Waals surface area contributed by atoms with E-state index in [0.29, 0.717) is 13.2 Å². The number of carbonyl (C=O) groups excluding carboxylic acids is 1. The maximum Gasteiger partial charge on any atom is 0.410 e. The average Bonchev–Trinajstić information content (AvgIpc) is 2.72. The highest BCUT2D eigenvalue weighted by molar-refractivity contribution is 6.31. The van der Waals surface area contributed by atoms with Crippen molar-refractivity contribution < 1.29 is 14.6 Å². The van der Waals surface area contributed by atoms with Crippen LogP contribution in [0.15, 0.2) is 23.8 Å². The molecule has 0 aromatic heterocycles. The van der Waals surface area contributed by atoms with Gasteiger partial charge in [-0.3, -0.25) is 5.32 Å². The molecule has 1 aliphatic heterocycles. The first kappa shape index (κ1) is 24.5. The van der Waals surface area contributed by atoms with Crippen LogP contribution < -0.4 is 10.6 Å². The van der Waals surface area contributed by atoms with Gasteiger partial charge in [-0.15, -0.1) is 23.2 Å². The van der Waals surface area contributed by atoms with Gasteiger partial charge in [0.05, 0.1) is 17.4 Å². The summed E-state index contributed by atoms with van der Waals surface area (Å²) in [5.41, 5.74) is 0.743. The number of alkyl halides is 2. The lowest BCUT2D eigenvalue weighted by Gasteiger charge is -2.41. The first-order chi connectivity index (χ1) is 14.0. The fourth-order valence-electron chi connectivity index (χ4n) is 3.92. The molecular formula is C21H35Cl2N3O3. The number of nitrogens with one attached hydrogen (secondary N) is 2. The van der Waals surface area contributed by atoms with E-state index in [1.807, 2.05) is 17.9 Å². The molecule has 1 fully saturated rings. The molecule has 0 bridgehead atoms. The molecule has 5 atom stereocenters. The number of piperidine rings is 1. The normalized spacial score (nSPS) is 28.2. The number of hydrogen-bond acceptors (Lipinski definition) is 5. The molecule has 0 radical (unpaired) electrons. The van der Waals surface area contributed by atoms with Crippen molar-refractivity contribution in [1.82, 2.24) is 15.5 Å². The molecule has 1 saturated heterocycles. The van der Waals surface area contributed by atoms with E-state index in [-0.39, 0.29) is 28.9 Å². The summed E-state index contributed by atoms with van der Waals surface area (Å²) >= 11 is 12.1. The summed E-state index contributed by atoms with van der Waals surface area (Å²) < 4.78 is 5.28. The van der Waals surface area contributed by atoms with Gasteiger partial charge in [0.2, 0.25) is 0 Å². The third-order valence-electron chi connectivity index (χ3n) is 5.50. The molecule has 8 heteroatoms. The number of halogens is 2. The van der Waals surface area contributed by atoms with Gasteiger partial charge < -0.3 is 20.1 Å². The lowest BCUT2D eigenvalue weighted by molar-refractivity contribution is 0.0471. The third kappa shape index (κ3) is 7.44. The minimum Gasteiger partial charge on any atom is -0.450 e. The number of aliphatic hydroxyl groups excluding tert-OH is 1. The van der Waals surface area contributed by atoms with E-state index in [2.05, 4.69) is 17.6 Å². The summed E-state index contributed by atoms with van der Waals surface area (Å²) in [6, 6.07) is 0.439. The second-order valence-corrected chi connectivity index (χ2v) is 8.59. The Morgan fingerprint density at radius 1 is 1.28 bits per heavy atom. The van der Waals surface area contributed by atoms with Gasteiger partial charge in [0, 0.05) is 18.6 Å². The number of hydrogen-bond donors (Lipinski definition) is 3. The molecule has 0 saturated carbocycles. The summed E-state index contributed by atoms with van der Waals surface area (Å²) in [6.45, 7) is 6.61. The molecule has 1 heterocycles. The van der Waals surface area contributed by atoms with Gasteiger partial charge in [-0.1, -0.05) is 25.2 Å². The minimum absolute atomic E-state index is 0.174. The number of ether oxygens (including phenoxy) is 1. The maximum atomic E-state index is 12.4. The molecule has 0 spiro atoms. The first-order valence-electron chi connectivity index (χ1n) is 10.7. The third-order valence-corrected chi connectivity index (χ3v) is 6.45. The van der Waals surface area contributed by atoms with Crippen LogP contribution in [-0.4, -0.2) is 71.4 Å². The number of nitrogens with zero attached hydrogens (tertiary/aromatic N) is 1. The second-order valence-electron chi connectivity index (χ2n) is 7.58. The van der Waals surface area contributed by atoms with Crippen LogP contribution >= 0.6 is 23.2 Å². The summed E-state index contributed by atoms with van der Waals surface area (Å²) in [4.78, 5) is 14.3. The Balaban J connectivity index is 1.69. The van der Waals surface area contributed by atoms with Gasteiger partial charge in [0.15, 0.2) is 0 Å². The summed E-state index contributed by atoms with van der Waals surface area (Å²) in [5, 5.41) is 16.2. The Morgan fingerprint density at radius 2 is 2.03 bits per heavy atom. The van der Waals surface area contributed by atoms with E-state index < -0.39 is 6.23 Å². The molecular weight excluding hydrogens is 413 g/mol. The number of allylic oxidation sites excluding steroid dienone is 2. The predicted molar refractivity (Wildman–Crippen MR) is 119 cm³/mol. The van der Waals surface area contributed by atoms with Gasteiger partial charge in [-0.2, -0.15) is 0 Å². The lowest BCUT2D eigenvalue weighted by atomic mass is 9.94. The zero-order valence-corrected chi connectivity index (χ0v) is 19.0. The van der Waals surface area contributed by atoms with Crippen molar-refractivity contribution in [2.45, 2.75) is 75.0 Å². The molecule has 166 valence electrons. The van der Waals surface area contributed by atoms with Crippen molar-refractivity contribution in [3.05, 3.63) is 23.8 Å². The summed E-state index contributed by atoms with van der Waals surface area (Å²) in [5.74, 6) is 0. The standard InChI is InChI=1S/C21H35Cl2N3O3/c1-3-16-7-5-8-17(26(16)21(28)29-4-2)14-24-11-6-12-25-20(27)15-9-10-18(22)19(23)13-15/h9-10,13,16-20,24-25,27H,3-8,11-12,14H2,1-2H3. The smallest absolute Gasteiger partial charge is 0.410 e. The second kappa shape index (κ2) is 12.8. The number of likely N-dealkylation sites (tertiary alicyclic amines) is 1. The van der Waals surface area contributed by atoms with Crippen LogP contribution in [0.4, 0.5) is 4.79 Å². The fourth-order valence-corrected chi connectivity index (χ4v) is 4.30. The number of aliphatic hydroxyl groups is 1. The van der Waals surface area contributed by atoms with Crippen LogP contribution in [0.1, 0.15) is 46.0 Å². The Labute approximate surface area is 184 Å². The zero-order chi connectivity index (χ0) is 21.2. The van der Waals surface area contributed by atoms with Gasteiger partial charge >= 0.3 is 6.09 Å². The predicted octanol–water partition coefficient (Wildman–Crippen LogP) is 3.37. The van der Waals surface area contributed by atoms with Crippen molar-refractivity contribution in [2.75, 3.05) is 26.2 Å². The van der Waals surface area contributed by atoms with Crippen molar-refractivity contribution in [1.29, 1.82) is 0 Å². The maximum absolute atomic E-state index is 12.4. The molecule has 0 aromatic rings. The van der Waals surface area contributed by atoms with Crippen molar-refractivity contribution in [3.63, 3.8) is 0 Å². The van der Waals surface area contributed by atoms with Crippen LogP contribution in [0.25, 0.3) is 0 Å². The van der Waals surface area contributed by atoms with Gasteiger partial charge in [-0.25, -0.2) is 4.79 Å². The van der Waals surface area contributed by atoms with Gasteiger partial charge in [-0.05, 0) is 57.7 Å². The van der Waals surface area contributed by atoms with Crippen molar-refractivity contribution >= 4 is 29.3 Å². The van der Waals surface area contributed by atoms with Crippen molar-refractivity contribution in [2.24, 2.45) is 0 Å². The molecule has 2 rings (SSSR count). The highest BCUT2D eigenvalue weighted by Crippen LogP contribution is 2.25. The van der Waals surface area contributed by atoms with Gasteiger partial charge in [0.25, 0.3) is 0 Å². The van der Waals surface area contributed by atoms with Crippen LogP contribution in [0.3, 0.4) is 0 Å². The summed E-state index contributed by atoms with van der Waals surface area (Å²) in [7, 11) is 0. The molecule has 3 N–H and O–H groups in total. The fraction of sp³-hybridized carbons (Fsp3) is 0.762. The molecule has 6 nitrogen and oxygen atoms in total. The summed E-state index contributed by atoms with van der Waals surface area (Å²) in [6.07, 6.45) is 9.45. The quantitative estimate of drug-likeness (QED) is 0.272. The highest BCUT2D eigenvalue weighted by atomic mass is 35.5. The molecule has 0 aromatic carbocycles. The van der Waals surface area contributed by atoms with E-state index in [4.69, 9.17) is 27.9 Å². The highest BCUT2D eigenvalue weighted by Gasteiger charge is 2.33. The largest absolute Gasteiger partial charge is 0.450 e. The first-order valence-corrected chi connectivity index (χ1v) is 11.6. The van der Waals surface area contributed by atoms with E-state index in [1.54, 1.807) is 12.2 Å². The molecule has 1 amide bonds. The number of amides is 1. The Bertz CT molecular complexity index is 573. The Kier molecular flexibility index (Phi) is 10.8. The molecule has 2 aliphatic rings. The Hall–Kier alpha value is -0.790. The zero-order valence-electron chi connectivity index (χ0n) is 17.4. The molecule has 5 unspecified atom stereocenters. The topological polar surface area (TPSA) is 73.8 Å².